The second-order valence-corrected chi connectivity index (χ2v) is 4.72. The molecule has 1 aromatic carbocycles. The highest BCUT2D eigenvalue weighted by atomic mass is 16.5. The highest BCUT2D eigenvalue weighted by Crippen LogP contribution is 2.23. The lowest BCUT2D eigenvalue weighted by molar-refractivity contribution is -0.137. The van der Waals surface area contributed by atoms with E-state index in [-0.39, 0.29) is 19.1 Å². The number of hydrogen-bond donors (Lipinski definition) is 1. The molecular weight excluding hydrogens is 260 g/mol. The van der Waals surface area contributed by atoms with Gasteiger partial charge in [0.1, 0.15) is 6.54 Å². The molecule has 0 fully saturated rings. The highest BCUT2D eigenvalue weighted by Gasteiger charge is 2.27. The number of fused-ring (bicyclic) bond motifs is 1. The van der Waals surface area contributed by atoms with E-state index in [0.29, 0.717) is 19.7 Å². The van der Waals surface area contributed by atoms with Gasteiger partial charge in [0.25, 0.3) is 0 Å². The minimum Gasteiger partial charge on any atom is -0.480 e. The normalized spacial score (nSPS) is 13.2. The summed E-state index contributed by atoms with van der Waals surface area (Å²) in [6, 6.07) is 7.58. The molecule has 1 aromatic rings. The van der Waals surface area contributed by atoms with Crippen LogP contribution in [0.4, 0.5) is 4.79 Å². The van der Waals surface area contributed by atoms with E-state index in [4.69, 9.17) is 9.84 Å². The number of ether oxygens (including phenoxy) is 1. The Labute approximate surface area is 117 Å². The number of rotatable bonds is 5. The van der Waals surface area contributed by atoms with Crippen molar-refractivity contribution in [1.29, 1.82) is 0 Å². The Bertz CT molecular complexity index is 479. The van der Waals surface area contributed by atoms with Gasteiger partial charge in [0, 0.05) is 26.7 Å². The quantitative estimate of drug-likeness (QED) is 0.877. The fourth-order valence-electron chi connectivity index (χ4n) is 2.28. The molecule has 1 N–H and O–H groups in total. The second-order valence-electron chi connectivity index (χ2n) is 4.72. The fourth-order valence-corrected chi connectivity index (χ4v) is 2.28. The summed E-state index contributed by atoms with van der Waals surface area (Å²) >= 11 is 0. The molecule has 6 nitrogen and oxygen atoms in total. The van der Waals surface area contributed by atoms with Crippen LogP contribution in [0.2, 0.25) is 0 Å². The van der Waals surface area contributed by atoms with Gasteiger partial charge in [-0.25, -0.2) is 4.79 Å². The molecule has 0 unspecified atom stereocenters. The van der Waals surface area contributed by atoms with Gasteiger partial charge < -0.3 is 19.6 Å². The van der Waals surface area contributed by atoms with Gasteiger partial charge in [-0.3, -0.25) is 4.79 Å². The minimum atomic E-state index is -1.02. The van der Waals surface area contributed by atoms with E-state index in [1.165, 1.54) is 12.0 Å². The molecule has 0 bridgehead atoms. The standard InChI is InChI=1S/C14H18N2O4/c1-20-7-6-15(10-13(17)18)14(19)16-8-11-4-2-3-5-12(11)9-16/h2-5H,6-10H2,1H3,(H,17,18). The Morgan fingerprint density at radius 2 is 1.90 bits per heavy atom. The van der Waals surface area contributed by atoms with Crippen molar-refractivity contribution in [1.82, 2.24) is 9.80 Å². The third kappa shape index (κ3) is 3.27. The predicted octanol–water partition coefficient (Wildman–Crippen LogP) is 1.16. The van der Waals surface area contributed by atoms with Crippen molar-refractivity contribution >= 4 is 12.0 Å². The molecule has 1 aliphatic heterocycles. The number of benzene rings is 1. The van der Waals surface area contributed by atoms with E-state index in [0.717, 1.165) is 11.1 Å². The zero-order valence-electron chi connectivity index (χ0n) is 11.4. The van der Waals surface area contributed by atoms with E-state index >= 15 is 0 Å². The zero-order valence-corrected chi connectivity index (χ0v) is 11.4. The number of nitrogens with zero attached hydrogens (tertiary/aromatic N) is 2. The molecule has 1 aliphatic rings. The lowest BCUT2D eigenvalue weighted by atomic mass is 10.1. The third-order valence-electron chi connectivity index (χ3n) is 3.27. The number of carboxylic acids is 1. The summed E-state index contributed by atoms with van der Waals surface area (Å²) in [5.41, 5.74) is 2.23. The molecule has 0 spiro atoms. The highest BCUT2D eigenvalue weighted by molar-refractivity contribution is 5.80. The first-order valence-electron chi connectivity index (χ1n) is 6.43. The van der Waals surface area contributed by atoms with Crippen molar-refractivity contribution in [2.45, 2.75) is 13.1 Å². The molecule has 20 heavy (non-hydrogen) atoms. The van der Waals surface area contributed by atoms with Crippen molar-refractivity contribution in [3.8, 4) is 0 Å². The monoisotopic (exact) mass is 278 g/mol. The molecule has 0 aromatic heterocycles. The Balaban J connectivity index is 2.03. The van der Waals surface area contributed by atoms with Crippen molar-refractivity contribution < 1.29 is 19.4 Å². The number of hydrogen-bond acceptors (Lipinski definition) is 3. The maximum Gasteiger partial charge on any atom is 0.323 e. The van der Waals surface area contributed by atoms with Crippen LogP contribution in [0.5, 0.6) is 0 Å². The predicted molar refractivity (Wildman–Crippen MR) is 72.2 cm³/mol. The van der Waals surface area contributed by atoms with Crippen LogP contribution in [0.3, 0.4) is 0 Å². The zero-order chi connectivity index (χ0) is 14.5. The van der Waals surface area contributed by atoms with Crippen LogP contribution < -0.4 is 0 Å². The summed E-state index contributed by atoms with van der Waals surface area (Å²) in [6.45, 7) is 1.33. The maximum absolute atomic E-state index is 12.4. The van der Waals surface area contributed by atoms with E-state index in [1.54, 1.807) is 4.90 Å². The molecule has 0 radical (unpaired) electrons. The topological polar surface area (TPSA) is 70.1 Å². The van der Waals surface area contributed by atoms with Gasteiger partial charge in [0.05, 0.1) is 6.61 Å². The first-order chi connectivity index (χ1) is 9.61. The molecule has 0 atom stereocenters. The Morgan fingerprint density at radius 1 is 1.30 bits per heavy atom. The van der Waals surface area contributed by atoms with Gasteiger partial charge in [0.2, 0.25) is 0 Å². The van der Waals surface area contributed by atoms with E-state index in [2.05, 4.69) is 0 Å². The molecule has 0 saturated carbocycles. The van der Waals surface area contributed by atoms with Crippen LogP contribution in [-0.2, 0) is 22.6 Å². The van der Waals surface area contributed by atoms with Gasteiger partial charge >= 0.3 is 12.0 Å². The first-order valence-corrected chi connectivity index (χ1v) is 6.43. The minimum absolute atomic E-state index is 0.263. The van der Waals surface area contributed by atoms with Crippen LogP contribution in [0, 0.1) is 0 Å². The number of carbonyl (C=O) groups excluding carboxylic acids is 1. The largest absolute Gasteiger partial charge is 0.480 e. The van der Waals surface area contributed by atoms with Crippen LogP contribution >= 0.6 is 0 Å². The van der Waals surface area contributed by atoms with Gasteiger partial charge in [-0.1, -0.05) is 24.3 Å². The van der Waals surface area contributed by atoms with E-state index < -0.39 is 5.97 Å². The molecule has 0 saturated heterocycles. The van der Waals surface area contributed by atoms with Gasteiger partial charge in [0.15, 0.2) is 0 Å². The lowest BCUT2D eigenvalue weighted by Crippen LogP contribution is -2.44. The summed E-state index contributed by atoms with van der Waals surface area (Å²) in [4.78, 5) is 26.2. The Kier molecular flexibility index (Phi) is 4.57. The molecule has 2 rings (SSSR count). The molecule has 1 heterocycles. The average molecular weight is 278 g/mol. The van der Waals surface area contributed by atoms with Crippen molar-refractivity contribution in [2.75, 3.05) is 26.8 Å². The molecule has 0 aliphatic carbocycles. The van der Waals surface area contributed by atoms with Crippen LogP contribution in [-0.4, -0.2) is 53.7 Å². The Morgan fingerprint density at radius 3 is 2.40 bits per heavy atom. The van der Waals surface area contributed by atoms with Crippen LogP contribution in [0.15, 0.2) is 24.3 Å². The lowest BCUT2D eigenvalue weighted by Gasteiger charge is -2.26. The Hall–Kier alpha value is -2.08. The van der Waals surface area contributed by atoms with Crippen molar-refractivity contribution in [3.63, 3.8) is 0 Å². The van der Waals surface area contributed by atoms with Crippen LogP contribution in [0.1, 0.15) is 11.1 Å². The van der Waals surface area contributed by atoms with Crippen molar-refractivity contribution in [3.05, 3.63) is 35.4 Å². The number of amides is 2. The number of carboxylic acid groups (broad SMARTS) is 1. The fraction of sp³-hybridized carbons (Fsp3) is 0.429. The van der Waals surface area contributed by atoms with Gasteiger partial charge in [-0.05, 0) is 11.1 Å². The summed E-state index contributed by atoms with van der Waals surface area (Å²) < 4.78 is 4.92. The van der Waals surface area contributed by atoms with Gasteiger partial charge in [-0.15, -0.1) is 0 Å². The summed E-state index contributed by atoms with van der Waals surface area (Å²) in [5, 5.41) is 8.90. The number of aliphatic carboxylic acids is 1. The van der Waals surface area contributed by atoms with Crippen molar-refractivity contribution in [2.24, 2.45) is 0 Å². The maximum atomic E-state index is 12.4. The first kappa shape index (κ1) is 14.3. The average Bonchev–Trinajstić information content (AvgIpc) is 2.86. The van der Waals surface area contributed by atoms with E-state index in [1.807, 2.05) is 24.3 Å². The third-order valence-corrected chi connectivity index (χ3v) is 3.27. The van der Waals surface area contributed by atoms with Gasteiger partial charge in [-0.2, -0.15) is 0 Å². The summed E-state index contributed by atoms with van der Waals surface area (Å²) in [5.74, 6) is -1.02. The summed E-state index contributed by atoms with van der Waals surface area (Å²) in [6.07, 6.45) is 0. The number of carbonyl (C=O) groups is 2. The molecule has 108 valence electrons. The molecule has 2 amide bonds. The number of methoxy groups -OCH3 is 1. The number of urea groups is 1. The molecular formula is C14H18N2O4. The van der Waals surface area contributed by atoms with Crippen LogP contribution in [0.25, 0.3) is 0 Å². The molecule has 6 heteroatoms. The SMILES string of the molecule is COCCN(CC(=O)O)C(=O)N1Cc2ccccc2C1. The smallest absolute Gasteiger partial charge is 0.323 e. The van der Waals surface area contributed by atoms with E-state index in [9.17, 15) is 9.59 Å². The summed E-state index contributed by atoms with van der Waals surface area (Å²) in [7, 11) is 1.52. The second kappa shape index (κ2) is 6.38.